The molecule has 25 heavy (non-hydrogen) atoms. The maximum absolute atomic E-state index is 13.0. The number of halogens is 1. The normalized spacial score (nSPS) is 14.6. The molecule has 1 amide bonds. The highest BCUT2D eigenvalue weighted by atomic mass is 35.5. The molecule has 5 nitrogen and oxygen atoms in total. The third-order valence-corrected chi connectivity index (χ3v) is 4.78. The fourth-order valence-electron chi connectivity index (χ4n) is 2.67. The lowest BCUT2D eigenvalue weighted by Gasteiger charge is -2.18. The Balaban J connectivity index is 2.00. The second-order valence-electron chi connectivity index (χ2n) is 5.53. The first-order chi connectivity index (χ1) is 12.0. The van der Waals surface area contributed by atoms with E-state index in [1.54, 1.807) is 19.0 Å². The number of benzene rings is 2. The molecule has 0 atom stereocenters. The van der Waals surface area contributed by atoms with Crippen LogP contribution in [-0.2, 0) is 11.3 Å². The molecule has 3 rings (SSSR count). The zero-order valence-electron chi connectivity index (χ0n) is 13.9. The number of thiocarbonyl (C=S) groups is 1. The molecule has 0 aromatic heterocycles. The highest BCUT2D eigenvalue weighted by Gasteiger charge is 2.34. The molecule has 0 radical (unpaired) electrons. The van der Waals surface area contributed by atoms with Crippen LogP contribution >= 0.6 is 23.8 Å². The number of rotatable bonds is 3. The Bertz CT molecular complexity index is 868. The van der Waals surface area contributed by atoms with E-state index in [4.69, 9.17) is 23.8 Å². The number of nitrogens with zero attached hydrogens (tertiary/aromatic N) is 3. The van der Waals surface area contributed by atoms with E-state index in [9.17, 15) is 4.79 Å². The maximum atomic E-state index is 13.0. The number of nitrogens with one attached hydrogen (secondary N) is 1. The van der Waals surface area contributed by atoms with Crippen molar-refractivity contribution in [1.29, 1.82) is 0 Å². The van der Waals surface area contributed by atoms with Gasteiger partial charge in [-0.05, 0) is 29.9 Å². The first-order valence-electron chi connectivity index (χ1n) is 7.71. The molecular weight excluding hydrogens is 356 g/mol. The van der Waals surface area contributed by atoms with Crippen LogP contribution in [0.5, 0.6) is 0 Å². The smallest absolute Gasteiger partial charge is 0.279 e. The van der Waals surface area contributed by atoms with E-state index in [-0.39, 0.29) is 5.91 Å². The van der Waals surface area contributed by atoms with Crippen LogP contribution in [0.2, 0.25) is 5.02 Å². The standard InChI is InChI=1S/C18H17ClN4OS/c1-20-18(25)22(2)21-16-13-8-4-6-10-15(13)23(17(16)24)11-12-7-3-5-9-14(12)19/h3-10H,11H2,1-2H3,(H,20,25)/b21-16+. The molecule has 0 fully saturated rings. The van der Waals surface area contributed by atoms with Crippen molar-refractivity contribution in [2.45, 2.75) is 6.54 Å². The Kier molecular flexibility index (Phi) is 5.01. The van der Waals surface area contributed by atoms with Crippen LogP contribution in [0.4, 0.5) is 5.69 Å². The SMILES string of the molecule is CNC(=S)N(C)/N=C1/C(=O)N(Cc2ccccc2Cl)c2ccccc21. The minimum atomic E-state index is -0.174. The summed E-state index contributed by atoms with van der Waals surface area (Å²) in [5, 5.41) is 9.80. The molecule has 0 aliphatic carbocycles. The average Bonchev–Trinajstić information content (AvgIpc) is 2.88. The summed E-state index contributed by atoms with van der Waals surface area (Å²) in [7, 11) is 3.42. The average molecular weight is 373 g/mol. The summed E-state index contributed by atoms with van der Waals surface area (Å²) in [5.74, 6) is -0.174. The van der Waals surface area contributed by atoms with Crippen LogP contribution in [0.1, 0.15) is 11.1 Å². The second-order valence-corrected chi connectivity index (χ2v) is 6.32. The summed E-state index contributed by atoms with van der Waals surface area (Å²) < 4.78 is 0. The van der Waals surface area contributed by atoms with Crippen molar-refractivity contribution in [3.8, 4) is 0 Å². The van der Waals surface area contributed by atoms with Gasteiger partial charge in [-0.1, -0.05) is 48.0 Å². The minimum Gasteiger partial charge on any atom is -0.364 e. The number of carbonyl (C=O) groups excluding carboxylic acids is 1. The molecule has 0 saturated heterocycles. The van der Waals surface area contributed by atoms with Crippen molar-refractivity contribution in [1.82, 2.24) is 10.3 Å². The molecule has 0 saturated carbocycles. The molecule has 128 valence electrons. The number of anilines is 1. The van der Waals surface area contributed by atoms with Gasteiger partial charge in [0.15, 0.2) is 10.8 Å². The van der Waals surface area contributed by atoms with Gasteiger partial charge in [0.2, 0.25) is 0 Å². The quantitative estimate of drug-likeness (QED) is 0.664. The largest absolute Gasteiger partial charge is 0.364 e. The second kappa shape index (κ2) is 7.21. The molecule has 0 bridgehead atoms. The van der Waals surface area contributed by atoms with E-state index in [2.05, 4.69) is 10.4 Å². The zero-order valence-corrected chi connectivity index (χ0v) is 15.4. The first-order valence-corrected chi connectivity index (χ1v) is 8.50. The van der Waals surface area contributed by atoms with Crippen LogP contribution in [-0.4, -0.2) is 35.8 Å². The third kappa shape index (κ3) is 3.36. The van der Waals surface area contributed by atoms with Crippen molar-refractivity contribution in [3.63, 3.8) is 0 Å². The van der Waals surface area contributed by atoms with Crippen molar-refractivity contribution >= 4 is 46.2 Å². The summed E-state index contributed by atoms with van der Waals surface area (Å²) in [4.78, 5) is 14.7. The van der Waals surface area contributed by atoms with Crippen molar-refractivity contribution in [3.05, 3.63) is 64.7 Å². The lowest BCUT2D eigenvalue weighted by molar-refractivity contribution is -0.112. The Morgan fingerprint density at radius 3 is 2.64 bits per heavy atom. The topological polar surface area (TPSA) is 47.9 Å². The summed E-state index contributed by atoms with van der Waals surface area (Å²) in [6.07, 6.45) is 0. The Hall–Kier alpha value is -2.44. The van der Waals surface area contributed by atoms with Gasteiger partial charge < -0.3 is 10.2 Å². The number of carbonyl (C=O) groups is 1. The van der Waals surface area contributed by atoms with Gasteiger partial charge >= 0.3 is 0 Å². The van der Waals surface area contributed by atoms with E-state index in [1.807, 2.05) is 48.5 Å². The number of fused-ring (bicyclic) bond motifs is 1. The van der Waals surface area contributed by atoms with E-state index in [0.717, 1.165) is 16.8 Å². The van der Waals surface area contributed by atoms with Crippen LogP contribution in [0.3, 0.4) is 0 Å². The van der Waals surface area contributed by atoms with Crippen molar-refractivity contribution in [2.75, 3.05) is 19.0 Å². The predicted molar refractivity (Wildman–Crippen MR) is 105 cm³/mol. The highest BCUT2D eigenvalue weighted by Crippen LogP contribution is 2.31. The number of hydrazone groups is 1. The van der Waals surface area contributed by atoms with Gasteiger partial charge in [-0.15, -0.1) is 0 Å². The van der Waals surface area contributed by atoms with Crippen molar-refractivity contribution < 1.29 is 4.79 Å². The van der Waals surface area contributed by atoms with E-state index >= 15 is 0 Å². The van der Waals surface area contributed by atoms with Gasteiger partial charge in [0, 0.05) is 24.7 Å². The summed E-state index contributed by atoms with van der Waals surface area (Å²) >= 11 is 11.4. The van der Waals surface area contributed by atoms with Crippen LogP contribution in [0.15, 0.2) is 53.6 Å². The van der Waals surface area contributed by atoms with Gasteiger partial charge in [0.05, 0.1) is 12.2 Å². The monoisotopic (exact) mass is 372 g/mol. The molecule has 1 aliphatic rings. The number of para-hydroxylation sites is 1. The molecule has 7 heteroatoms. The third-order valence-electron chi connectivity index (χ3n) is 3.94. The molecule has 0 spiro atoms. The highest BCUT2D eigenvalue weighted by molar-refractivity contribution is 7.80. The Morgan fingerprint density at radius 1 is 1.24 bits per heavy atom. The Labute approximate surface area is 156 Å². The molecule has 1 aliphatic heterocycles. The number of hydrogen-bond donors (Lipinski definition) is 1. The first kappa shape index (κ1) is 17.4. The number of amides is 1. The Morgan fingerprint density at radius 2 is 1.92 bits per heavy atom. The fourth-order valence-corrected chi connectivity index (χ4v) is 2.91. The van der Waals surface area contributed by atoms with E-state index in [0.29, 0.717) is 22.4 Å². The van der Waals surface area contributed by atoms with Gasteiger partial charge in [-0.25, -0.2) is 5.01 Å². The molecule has 1 heterocycles. The van der Waals surface area contributed by atoms with E-state index in [1.165, 1.54) is 5.01 Å². The van der Waals surface area contributed by atoms with Gasteiger partial charge in [-0.3, -0.25) is 4.79 Å². The summed E-state index contributed by atoms with van der Waals surface area (Å²) in [5.41, 5.74) is 2.84. The van der Waals surface area contributed by atoms with Gasteiger partial charge in [-0.2, -0.15) is 5.10 Å². The van der Waals surface area contributed by atoms with Crippen LogP contribution in [0.25, 0.3) is 0 Å². The van der Waals surface area contributed by atoms with Gasteiger partial charge in [0.25, 0.3) is 5.91 Å². The fraction of sp³-hybridized carbons (Fsp3) is 0.167. The van der Waals surface area contributed by atoms with Gasteiger partial charge in [0.1, 0.15) is 0 Å². The van der Waals surface area contributed by atoms with Crippen molar-refractivity contribution in [2.24, 2.45) is 5.10 Å². The zero-order chi connectivity index (χ0) is 18.0. The molecular formula is C18H17ClN4OS. The number of hydrogen-bond acceptors (Lipinski definition) is 3. The molecule has 0 unspecified atom stereocenters. The van der Waals surface area contributed by atoms with E-state index < -0.39 is 0 Å². The summed E-state index contributed by atoms with van der Waals surface area (Å²) in [6, 6.07) is 15.1. The lowest BCUT2D eigenvalue weighted by Crippen LogP contribution is -2.34. The summed E-state index contributed by atoms with van der Waals surface area (Å²) in [6.45, 7) is 0.384. The lowest BCUT2D eigenvalue weighted by atomic mass is 10.1. The minimum absolute atomic E-state index is 0.174. The van der Waals surface area contributed by atoms with Crippen LogP contribution < -0.4 is 10.2 Å². The van der Waals surface area contributed by atoms with Crippen LogP contribution in [0, 0.1) is 0 Å². The predicted octanol–water partition coefficient (Wildman–Crippen LogP) is 3.03. The molecule has 2 aromatic rings. The maximum Gasteiger partial charge on any atom is 0.279 e. The molecule has 1 N–H and O–H groups in total. The molecule has 2 aromatic carbocycles.